The minimum atomic E-state index is -0.809. The van der Waals surface area contributed by atoms with Gasteiger partial charge in [0.05, 0.1) is 22.8 Å². The Bertz CT molecular complexity index is 636. The highest BCUT2D eigenvalue weighted by Crippen LogP contribution is 2.28. The molecule has 1 aliphatic rings. The van der Waals surface area contributed by atoms with Crippen LogP contribution in [0.2, 0.25) is 10.0 Å². The third-order valence-corrected chi connectivity index (χ3v) is 3.56. The van der Waals surface area contributed by atoms with Gasteiger partial charge in [-0.25, -0.2) is 4.79 Å². The summed E-state index contributed by atoms with van der Waals surface area (Å²) in [5.74, 6) is -1.52. The van der Waals surface area contributed by atoms with Gasteiger partial charge in [0.1, 0.15) is 0 Å². The van der Waals surface area contributed by atoms with Crippen LogP contribution in [-0.2, 0) is 14.3 Å². The number of carbonyl (C=O) groups is 3. The van der Waals surface area contributed by atoms with Crippen LogP contribution in [0.5, 0.6) is 0 Å². The van der Waals surface area contributed by atoms with Gasteiger partial charge in [-0.15, -0.1) is 0 Å². The van der Waals surface area contributed by atoms with Crippen molar-refractivity contribution < 1.29 is 19.1 Å². The fraction of sp³-hybridized carbons (Fsp3) is 0.308. The number of nitrogens with one attached hydrogen (secondary N) is 1. The van der Waals surface area contributed by atoms with E-state index in [4.69, 9.17) is 33.7 Å². The highest BCUT2D eigenvalue weighted by Gasteiger charge is 2.23. The van der Waals surface area contributed by atoms with Crippen LogP contribution in [0.1, 0.15) is 10.4 Å². The molecule has 0 radical (unpaired) electrons. The lowest BCUT2D eigenvalue weighted by Gasteiger charge is -2.26. The first-order chi connectivity index (χ1) is 10.4. The van der Waals surface area contributed by atoms with Crippen molar-refractivity contribution in [1.29, 1.82) is 0 Å². The third-order valence-electron chi connectivity index (χ3n) is 3.03. The fourth-order valence-electron chi connectivity index (χ4n) is 1.90. The molecule has 0 spiro atoms. The van der Waals surface area contributed by atoms with Crippen LogP contribution in [0.15, 0.2) is 12.1 Å². The summed E-state index contributed by atoms with van der Waals surface area (Å²) in [4.78, 5) is 36.3. The number of piperazine rings is 1. The normalized spacial score (nSPS) is 14.5. The third kappa shape index (κ3) is 3.80. The number of benzene rings is 1. The molecule has 1 aliphatic heterocycles. The highest BCUT2D eigenvalue weighted by atomic mass is 35.5. The Morgan fingerprint density at radius 2 is 2.09 bits per heavy atom. The SMILES string of the molecule is Nc1c(Cl)cc(Cl)cc1C(=O)OCC(=O)N1CCNC(=O)C1. The number of halogens is 2. The summed E-state index contributed by atoms with van der Waals surface area (Å²) in [6, 6.07) is 2.70. The van der Waals surface area contributed by atoms with Crippen molar-refractivity contribution in [1.82, 2.24) is 10.2 Å². The zero-order valence-electron chi connectivity index (χ0n) is 11.4. The first-order valence-electron chi connectivity index (χ1n) is 6.34. The molecule has 0 saturated carbocycles. The average molecular weight is 346 g/mol. The van der Waals surface area contributed by atoms with E-state index in [1.54, 1.807) is 0 Å². The van der Waals surface area contributed by atoms with Crippen molar-refractivity contribution in [2.24, 2.45) is 0 Å². The molecule has 1 aromatic rings. The number of esters is 1. The summed E-state index contributed by atoms with van der Waals surface area (Å²) in [5.41, 5.74) is 5.70. The van der Waals surface area contributed by atoms with Gasteiger partial charge >= 0.3 is 5.97 Å². The molecule has 2 rings (SSSR count). The van der Waals surface area contributed by atoms with E-state index in [-0.39, 0.29) is 33.7 Å². The van der Waals surface area contributed by atoms with Crippen molar-refractivity contribution in [3.8, 4) is 0 Å². The van der Waals surface area contributed by atoms with Gasteiger partial charge in [-0.1, -0.05) is 23.2 Å². The van der Waals surface area contributed by atoms with Crippen molar-refractivity contribution in [3.63, 3.8) is 0 Å². The number of nitrogens with zero attached hydrogens (tertiary/aromatic N) is 1. The number of nitrogens with two attached hydrogens (primary N) is 1. The van der Waals surface area contributed by atoms with Crippen LogP contribution >= 0.6 is 23.2 Å². The highest BCUT2D eigenvalue weighted by molar-refractivity contribution is 6.37. The second-order valence-corrected chi connectivity index (χ2v) is 5.43. The molecule has 1 fully saturated rings. The molecule has 22 heavy (non-hydrogen) atoms. The first kappa shape index (κ1) is 16.4. The number of ether oxygens (including phenoxy) is 1. The fourth-order valence-corrected chi connectivity index (χ4v) is 2.39. The van der Waals surface area contributed by atoms with E-state index in [0.29, 0.717) is 13.1 Å². The van der Waals surface area contributed by atoms with Crippen LogP contribution in [0.4, 0.5) is 5.69 Å². The lowest BCUT2D eigenvalue weighted by Crippen LogP contribution is -2.51. The van der Waals surface area contributed by atoms with Crippen molar-refractivity contribution in [3.05, 3.63) is 27.7 Å². The summed E-state index contributed by atoms with van der Waals surface area (Å²) >= 11 is 11.6. The Balaban J connectivity index is 1.98. The van der Waals surface area contributed by atoms with E-state index in [9.17, 15) is 14.4 Å². The molecular formula is C13H13Cl2N3O4. The maximum Gasteiger partial charge on any atom is 0.340 e. The summed E-state index contributed by atoms with van der Waals surface area (Å²) in [6.45, 7) is 0.194. The smallest absolute Gasteiger partial charge is 0.340 e. The van der Waals surface area contributed by atoms with Gasteiger partial charge in [-0.3, -0.25) is 9.59 Å². The lowest BCUT2D eigenvalue weighted by atomic mass is 10.2. The molecular weight excluding hydrogens is 333 g/mol. The van der Waals surface area contributed by atoms with Gasteiger partial charge < -0.3 is 20.7 Å². The molecule has 0 atom stereocenters. The quantitative estimate of drug-likeness (QED) is 0.619. The summed E-state index contributed by atoms with van der Waals surface area (Å²) in [5, 5.41) is 2.94. The molecule has 0 unspecified atom stereocenters. The lowest BCUT2D eigenvalue weighted by molar-refractivity contribution is -0.140. The van der Waals surface area contributed by atoms with E-state index in [2.05, 4.69) is 5.32 Å². The van der Waals surface area contributed by atoms with Gasteiger partial charge in [-0.2, -0.15) is 0 Å². The number of anilines is 1. The number of rotatable bonds is 3. The van der Waals surface area contributed by atoms with Gasteiger partial charge in [-0.05, 0) is 12.1 Å². The zero-order chi connectivity index (χ0) is 16.3. The number of nitrogen functional groups attached to an aromatic ring is 1. The zero-order valence-corrected chi connectivity index (χ0v) is 12.9. The van der Waals surface area contributed by atoms with E-state index < -0.39 is 18.5 Å². The number of hydrogen-bond acceptors (Lipinski definition) is 5. The predicted octanol–water partition coefficient (Wildman–Crippen LogP) is 0.691. The monoisotopic (exact) mass is 345 g/mol. The minimum Gasteiger partial charge on any atom is -0.452 e. The largest absolute Gasteiger partial charge is 0.452 e. The van der Waals surface area contributed by atoms with Crippen LogP contribution < -0.4 is 11.1 Å². The molecule has 1 aromatic carbocycles. The van der Waals surface area contributed by atoms with Gasteiger partial charge in [0.25, 0.3) is 5.91 Å². The second kappa shape index (κ2) is 6.85. The molecule has 118 valence electrons. The molecule has 1 saturated heterocycles. The topological polar surface area (TPSA) is 102 Å². The Labute approximate surface area is 136 Å². The van der Waals surface area contributed by atoms with Crippen molar-refractivity contribution in [2.45, 2.75) is 0 Å². The minimum absolute atomic E-state index is 0.0123. The van der Waals surface area contributed by atoms with E-state index >= 15 is 0 Å². The van der Waals surface area contributed by atoms with Crippen molar-refractivity contribution >= 4 is 46.7 Å². The Morgan fingerprint density at radius 3 is 2.77 bits per heavy atom. The number of amides is 2. The molecule has 0 aliphatic carbocycles. The average Bonchev–Trinajstić information content (AvgIpc) is 2.48. The maximum atomic E-state index is 12.0. The Kier molecular flexibility index (Phi) is 5.10. The first-order valence-corrected chi connectivity index (χ1v) is 7.10. The van der Waals surface area contributed by atoms with Crippen LogP contribution in [-0.4, -0.2) is 48.9 Å². The molecule has 7 nitrogen and oxygen atoms in total. The van der Waals surface area contributed by atoms with Crippen molar-refractivity contribution in [2.75, 3.05) is 32.0 Å². The second-order valence-electron chi connectivity index (χ2n) is 4.59. The Morgan fingerprint density at radius 1 is 1.36 bits per heavy atom. The molecule has 0 bridgehead atoms. The molecule has 3 N–H and O–H groups in total. The predicted molar refractivity (Wildman–Crippen MR) is 80.7 cm³/mol. The standard InChI is InChI=1S/C13H13Cl2N3O4/c14-7-3-8(12(16)9(15)4-7)13(21)22-6-11(20)18-2-1-17-10(19)5-18/h3-4H,1-2,5-6,16H2,(H,17,19). The number of hydrogen-bond donors (Lipinski definition) is 2. The van der Waals surface area contributed by atoms with Crippen LogP contribution in [0.3, 0.4) is 0 Å². The molecule has 9 heteroatoms. The van der Waals surface area contributed by atoms with Gasteiger partial charge in [0.15, 0.2) is 6.61 Å². The number of carbonyl (C=O) groups excluding carboxylic acids is 3. The maximum absolute atomic E-state index is 12.0. The van der Waals surface area contributed by atoms with Gasteiger partial charge in [0.2, 0.25) is 5.91 Å². The van der Waals surface area contributed by atoms with E-state index in [0.717, 1.165) is 0 Å². The van der Waals surface area contributed by atoms with E-state index in [1.165, 1.54) is 17.0 Å². The Hall–Kier alpha value is -1.99. The van der Waals surface area contributed by atoms with Gasteiger partial charge in [0, 0.05) is 18.1 Å². The van der Waals surface area contributed by atoms with Crippen LogP contribution in [0, 0.1) is 0 Å². The summed E-state index contributed by atoms with van der Waals surface area (Å²) < 4.78 is 4.91. The van der Waals surface area contributed by atoms with Crippen LogP contribution in [0.25, 0.3) is 0 Å². The molecule has 2 amide bonds. The summed E-state index contributed by atoms with van der Waals surface area (Å²) in [6.07, 6.45) is 0. The molecule has 0 aromatic heterocycles. The van der Waals surface area contributed by atoms with E-state index in [1.807, 2.05) is 0 Å². The summed E-state index contributed by atoms with van der Waals surface area (Å²) in [7, 11) is 0. The molecule has 1 heterocycles.